The van der Waals surface area contributed by atoms with Crippen LogP contribution in [-0.4, -0.2) is 75.0 Å². The number of alkyl halides is 1. The normalized spacial score (nSPS) is 20.8. The van der Waals surface area contributed by atoms with Gasteiger partial charge in [-0.1, -0.05) is 23.7 Å². The van der Waals surface area contributed by atoms with Crippen LogP contribution in [0.1, 0.15) is 47.8 Å². The molecule has 0 aliphatic carbocycles. The molecule has 2 fully saturated rings. The summed E-state index contributed by atoms with van der Waals surface area (Å²) in [6.07, 6.45) is 7.41. The van der Waals surface area contributed by atoms with Gasteiger partial charge in [0, 0.05) is 56.3 Å². The van der Waals surface area contributed by atoms with Gasteiger partial charge in [-0.15, -0.1) is 0 Å². The lowest BCUT2D eigenvalue weighted by Crippen LogP contribution is -2.35. The highest BCUT2D eigenvalue weighted by Crippen LogP contribution is 2.34. The van der Waals surface area contributed by atoms with E-state index in [1.165, 1.54) is 0 Å². The van der Waals surface area contributed by atoms with Gasteiger partial charge in [0.2, 0.25) is 11.9 Å². The summed E-state index contributed by atoms with van der Waals surface area (Å²) in [4.78, 5) is 39.0. The first-order chi connectivity index (χ1) is 18.4. The van der Waals surface area contributed by atoms with E-state index < -0.39 is 6.17 Å². The number of hydrogen-bond acceptors (Lipinski definition) is 5. The zero-order valence-electron chi connectivity index (χ0n) is 21.4. The van der Waals surface area contributed by atoms with Crippen molar-refractivity contribution in [1.82, 2.24) is 24.3 Å². The highest BCUT2D eigenvalue weighted by molar-refractivity contribution is 6.35. The minimum Gasteiger partial charge on any atom is -0.337 e. The Labute approximate surface area is 226 Å². The van der Waals surface area contributed by atoms with E-state index in [0.717, 1.165) is 30.5 Å². The van der Waals surface area contributed by atoms with Gasteiger partial charge < -0.3 is 9.47 Å². The summed E-state index contributed by atoms with van der Waals surface area (Å²) >= 11 is 6.64. The molecule has 0 saturated carbocycles. The van der Waals surface area contributed by atoms with E-state index in [1.807, 2.05) is 45.6 Å². The number of amides is 2. The molecule has 38 heavy (non-hydrogen) atoms. The molecule has 2 aliphatic rings. The van der Waals surface area contributed by atoms with Gasteiger partial charge >= 0.3 is 0 Å². The summed E-state index contributed by atoms with van der Waals surface area (Å²) in [6.45, 7) is 4.65. The molecule has 5 rings (SSSR count). The van der Waals surface area contributed by atoms with Crippen molar-refractivity contribution in [2.75, 3.05) is 38.0 Å². The summed E-state index contributed by atoms with van der Waals surface area (Å²) in [7, 11) is 0. The van der Waals surface area contributed by atoms with Gasteiger partial charge in [-0.2, -0.15) is 0 Å². The highest BCUT2D eigenvalue weighted by Gasteiger charge is 2.28. The van der Waals surface area contributed by atoms with E-state index >= 15 is 0 Å². The number of aryl methyl sites for hydroxylation is 1. The second-order valence-corrected chi connectivity index (χ2v) is 10.4. The third-order valence-corrected chi connectivity index (χ3v) is 7.51. The van der Waals surface area contributed by atoms with Crippen molar-refractivity contribution in [3.63, 3.8) is 0 Å². The van der Waals surface area contributed by atoms with Crippen LogP contribution in [0.4, 0.5) is 10.3 Å². The Hall–Kier alpha value is -3.30. The van der Waals surface area contributed by atoms with Crippen molar-refractivity contribution in [3.05, 3.63) is 65.0 Å². The summed E-state index contributed by atoms with van der Waals surface area (Å²) in [5.41, 5.74) is 2.65. The average molecular weight is 539 g/mol. The smallest absolute Gasteiger partial charge is 0.258 e. The number of aromatic nitrogens is 3. The Morgan fingerprint density at radius 3 is 2.84 bits per heavy atom. The second-order valence-electron chi connectivity index (χ2n) is 10.0. The Morgan fingerprint density at radius 2 is 2.05 bits per heavy atom. The van der Waals surface area contributed by atoms with Crippen molar-refractivity contribution in [2.24, 2.45) is 0 Å². The molecular weight excluding hydrogens is 507 g/mol. The van der Waals surface area contributed by atoms with Gasteiger partial charge in [-0.25, -0.2) is 9.37 Å². The third kappa shape index (κ3) is 5.89. The second kappa shape index (κ2) is 11.6. The summed E-state index contributed by atoms with van der Waals surface area (Å²) in [5.74, 6) is 0.0450. The lowest BCUT2D eigenvalue weighted by atomic mass is 10.1. The van der Waals surface area contributed by atoms with Crippen LogP contribution in [0.3, 0.4) is 0 Å². The molecular formula is C28H32ClFN6O2. The number of nitrogens with one attached hydrogen (secondary N) is 1. The molecule has 0 bridgehead atoms. The minimum atomic E-state index is -0.778. The minimum absolute atomic E-state index is 0.0683. The Balaban J connectivity index is 1.39. The molecule has 2 aromatic heterocycles. The predicted octanol–water partition coefficient (Wildman–Crippen LogP) is 4.80. The maximum absolute atomic E-state index is 13.5. The molecule has 2 aliphatic heterocycles. The molecule has 10 heteroatoms. The molecule has 2 amide bonds. The van der Waals surface area contributed by atoms with Crippen molar-refractivity contribution >= 4 is 40.4 Å². The number of likely N-dealkylation sites (tertiary alicyclic amines) is 2. The van der Waals surface area contributed by atoms with Gasteiger partial charge in [-0.3, -0.25) is 24.8 Å². The maximum atomic E-state index is 13.5. The van der Waals surface area contributed by atoms with Crippen molar-refractivity contribution in [1.29, 1.82) is 0 Å². The van der Waals surface area contributed by atoms with Gasteiger partial charge in [0.15, 0.2) is 0 Å². The molecule has 0 unspecified atom stereocenters. The molecule has 0 spiro atoms. The number of hydrogen-bond donors (Lipinski definition) is 1. The lowest BCUT2D eigenvalue weighted by molar-refractivity contribution is -0.126. The Morgan fingerprint density at radius 1 is 1.18 bits per heavy atom. The number of fused-ring (bicyclic) bond motifs is 1. The monoisotopic (exact) mass is 538 g/mol. The van der Waals surface area contributed by atoms with Crippen molar-refractivity contribution in [3.8, 4) is 0 Å². The first-order valence-electron chi connectivity index (χ1n) is 13.1. The van der Waals surface area contributed by atoms with E-state index in [-0.39, 0.29) is 17.9 Å². The molecule has 2 atom stereocenters. The van der Waals surface area contributed by atoms with Crippen molar-refractivity contribution in [2.45, 2.75) is 44.8 Å². The van der Waals surface area contributed by atoms with Crippen LogP contribution >= 0.6 is 11.6 Å². The number of carbonyl (C=O) groups excluding carboxylic acids is 2. The van der Waals surface area contributed by atoms with Gasteiger partial charge in [0.05, 0.1) is 22.1 Å². The number of anilines is 1. The largest absolute Gasteiger partial charge is 0.337 e. The zero-order valence-corrected chi connectivity index (χ0v) is 22.2. The number of pyridine rings is 1. The fraction of sp³-hybridized carbons (Fsp3) is 0.429. The fourth-order valence-electron chi connectivity index (χ4n) is 5.30. The molecule has 4 heterocycles. The quantitative estimate of drug-likeness (QED) is 0.456. The summed E-state index contributed by atoms with van der Waals surface area (Å²) < 4.78 is 15.4. The van der Waals surface area contributed by atoms with Crippen LogP contribution < -0.4 is 5.32 Å². The Bertz CT molecular complexity index is 1360. The molecule has 3 aromatic rings. The number of halogens is 2. The molecule has 200 valence electrons. The van der Waals surface area contributed by atoms with Gasteiger partial charge in [0.25, 0.3) is 5.91 Å². The number of imidazole rings is 1. The number of para-hydroxylation sites is 1. The number of rotatable bonds is 6. The summed E-state index contributed by atoms with van der Waals surface area (Å²) in [6, 6.07) is 8.77. The van der Waals surface area contributed by atoms with Crippen LogP contribution in [-0.2, 0) is 4.79 Å². The highest BCUT2D eigenvalue weighted by atomic mass is 35.5. The van der Waals surface area contributed by atoms with Crippen LogP contribution in [0.25, 0.3) is 11.0 Å². The molecule has 1 aromatic carbocycles. The van der Waals surface area contributed by atoms with Gasteiger partial charge in [-0.05, 0) is 56.9 Å². The molecule has 2 saturated heterocycles. The lowest BCUT2D eigenvalue weighted by Gasteiger charge is -2.26. The zero-order chi connectivity index (χ0) is 26.6. The molecule has 1 N–H and O–H groups in total. The number of benzene rings is 1. The van der Waals surface area contributed by atoms with Crippen LogP contribution in [0.2, 0.25) is 5.02 Å². The number of nitrogens with zero attached hydrogens (tertiary/aromatic N) is 5. The molecule has 0 radical (unpaired) electrons. The van der Waals surface area contributed by atoms with Crippen LogP contribution in [0, 0.1) is 6.92 Å². The standard InChI is InChI=1S/C28H32ClFN6O2/c1-19-16-20(10-12-31-19)27(38)33-28-32-24-8-4-7-23(29)26(24)36(28)22-6-2-3-14-35(18-22)25(37)9-5-13-34-15-11-21(30)17-34/h4-5,7-10,12,16,21-22H,2-3,6,11,13-15,17-18H2,1H3,(H,32,33,38)/b9-5+/t21-,22-/m1/s1. The van der Waals surface area contributed by atoms with Crippen LogP contribution in [0.5, 0.6) is 0 Å². The van der Waals surface area contributed by atoms with E-state index in [9.17, 15) is 14.0 Å². The first-order valence-corrected chi connectivity index (χ1v) is 13.5. The molecule has 8 nitrogen and oxygen atoms in total. The average Bonchev–Trinajstić information content (AvgIpc) is 3.38. The third-order valence-electron chi connectivity index (χ3n) is 7.21. The first kappa shape index (κ1) is 26.3. The van der Waals surface area contributed by atoms with E-state index in [2.05, 4.69) is 10.3 Å². The van der Waals surface area contributed by atoms with E-state index in [1.54, 1.807) is 24.4 Å². The van der Waals surface area contributed by atoms with Crippen LogP contribution in [0.15, 0.2) is 48.7 Å². The maximum Gasteiger partial charge on any atom is 0.258 e. The van der Waals surface area contributed by atoms with E-state index in [0.29, 0.717) is 61.2 Å². The number of carbonyl (C=O) groups is 2. The van der Waals surface area contributed by atoms with E-state index in [4.69, 9.17) is 16.6 Å². The fourth-order valence-corrected chi connectivity index (χ4v) is 5.56. The SMILES string of the molecule is Cc1cc(C(=O)Nc2nc3cccc(Cl)c3n2[C@@H]2CCCCN(C(=O)/C=C/CN3CC[C@@H](F)C3)C2)ccn1. The van der Waals surface area contributed by atoms with Crippen molar-refractivity contribution < 1.29 is 14.0 Å². The topological polar surface area (TPSA) is 83.4 Å². The van der Waals surface area contributed by atoms with Gasteiger partial charge in [0.1, 0.15) is 6.17 Å². The summed E-state index contributed by atoms with van der Waals surface area (Å²) in [5, 5.41) is 3.51. The predicted molar refractivity (Wildman–Crippen MR) is 146 cm³/mol. The Kier molecular flexibility index (Phi) is 8.04.